The second-order valence-electron chi connectivity index (χ2n) is 3.93. The fraction of sp³-hybridized carbons (Fsp3) is 0.400. The van der Waals surface area contributed by atoms with E-state index in [1.54, 1.807) is 0 Å². The Bertz CT molecular complexity index is 358. The second kappa shape index (κ2) is 2.44. The molecule has 3 heteroatoms. The molecule has 0 N–H and O–H groups in total. The Hall–Kier alpha value is -1.12. The number of benzene rings is 1. The summed E-state index contributed by atoms with van der Waals surface area (Å²) < 4.78 is 31.3. The van der Waals surface area contributed by atoms with Gasteiger partial charge in [0, 0.05) is 23.1 Å². The van der Waals surface area contributed by atoms with Gasteiger partial charge in [0.1, 0.15) is 17.4 Å². The molecule has 1 nitrogen and oxygen atoms in total. The number of ether oxygens (including phenoxy) is 1. The Morgan fingerprint density at radius 3 is 2.69 bits per heavy atom. The number of halogens is 2. The highest BCUT2D eigenvalue weighted by atomic mass is 19.1. The molecule has 0 fully saturated rings. The lowest BCUT2D eigenvalue weighted by Crippen LogP contribution is -2.19. The topological polar surface area (TPSA) is 9.23 Å². The molecule has 0 saturated heterocycles. The first-order chi connectivity index (χ1) is 6.00. The van der Waals surface area contributed by atoms with Gasteiger partial charge in [0.25, 0.3) is 0 Å². The molecule has 1 heterocycles. The van der Waals surface area contributed by atoms with Crippen LogP contribution < -0.4 is 4.74 Å². The SMILES string of the molecule is CC1(C)COc2cc(F)cc(F)c21. The van der Waals surface area contributed by atoms with Gasteiger partial charge in [-0.1, -0.05) is 13.8 Å². The molecule has 70 valence electrons. The summed E-state index contributed by atoms with van der Waals surface area (Å²) in [6.45, 7) is 4.16. The first-order valence-corrected chi connectivity index (χ1v) is 4.13. The molecular weight excluding hydrogens is 174 g/mol. The number of hydrogen-bond donors (Lipinski definition) is 0. The van der Waals surface area contributed by atoms with Crippen molar-refractivity contribution in [2.75, 3.05) is 6.61 Å². The largest absolute Gasteiger partial charge is 0.492 e. The maximum atomic E-state index is 13.3. The van der Waals surface area contributed by atoms with Crippen molar-refractivity contribution in [1.29, 1.82) is 0 Å². The van der Waals surface area contributed by atoms with E-state index >= 15 is 0 Å². The predicted molar refractivity (Wildman–Crippen MR) is 44.9 cm³/mol. The summed E-state index contributed by atoms with van der Waals surface area (Å²) >= 11 is 0. The van der Waals surface area contributed by atoms with Gasteiger partial charge in [-0.15, -0.1) is 0 Å². The molecule has 0 atom stereocenters. The maximum absolute atomic E-state index is 13.3. The van der Waals surface area contributed by atoms with Crippen molar-refractivity contribution in [3.8, 4) is 5.75 Å². The van der Waals surface area contributed by atoms with Crippen LogP contribution in [0.3, 0.4) is 0 Å². The first-order valence-electron chi connectivity index (χ1n) is 4.13. The quantitative estimate of drug-likeness (QED) is 0.602. The molecule has 0 radical (unpaired) electrons. The molecule has 0 bridgehead atoms. The van der Waals surface area contributed by atoms with Gasteiger partial charge in [-0.3, -0.25) is 0 Å². The van der Waals surface area contributed by atoms with Crippen molar-refractivity contribution < 1.29 is 13.5 Å². The van der Waals surface area contributed by atoms with Crippen molar-refractivity contribution in [3.63, 3.8) is 0 Å². The monoisotopic (exact) mass is 184 g/mol. The van der Waals surface area contributed by atoms with Crippen LogP contribution in [0.2, 0.25) is 0 Å². The second-order valence-corrected chi connectivity index (χ2v) is 3.93. The minimum absolute atomic E-state index is 0.336. The minimum atomic E-state index is -0.589. The summed E-state index contributed by atoms with van der Waals surface area (Å²) in [5, 5.41) is 0. The van der Waals surface area contributed by atoms with Gasteiger partial charge in [0.15, 0.2) is 0 Å². The Balaban J connectivity index is 2.65. The fourth-order valence-electron chi connectivity index (χ4n) is 1.65. The van der Waals surface area contributed by atoms with E-state index in [1.807, 2.05) is 13.8 Å². The molecule has 0 saturated carbocycles. The molecule has 0 spiro atoms. The molecular formula is C10H10F2O. The van der Waals surface area contributed by atoms with E-state index in [0.717, 1.165) is 6.07 Å². The van der Waals surface area contributed by atoms with Crippen LogP contribution >= 0.6 is 0 Å². The number of hydrogen-bond acceptors (Lipinski definition) is 1. The third-order valence-electron chi connectivity index (χ3n) is 2.28. The summed E-state index contributed by atoms with van der Waals surface area (Å²) in [6, 6.07) is 2.13. The van der Waals surface area contributed by atoms with Gasteiger partial charge in [-0.05, 0) is 0 Å². The van der Waals surface area contributed by atoms with Crippen LogP contribution in [-0.2, 0) is 5.41 Å². The van der Waals surface area contributed by atoms with Gasteiger partial charge in [0.2, 0.25) is 0 Å². The summed E-state index contributed by atoms with van der Waals surface area (Å²) in [4.78, 5) is 0. The number of rotatable bonds is 0. The van der Waals surface area contributed by atoms with Gasteiger partial charge in [0.05, 0.1) is 6.61 Å². The molecule has 13 heavy (non-hydrogen) atoms. The van der Waals surface area contributed by atoms with Crippen molar-refractivity contribution in [1.82, 2.24) is 0 Å². The smallest absolute Gasteiger partial charge is 0.133 e. The fourth-order valence-corrected chi connectivity index (χ4v) is 1.65. The van der Waals surface area contributed by atoms with Crippen LogP contribution in [0.5, 0.6) is 5.75 Å². The lowest BCUT2D eigenvalue weighted by molar-refractivity contribution is 0.289. The minimum Gasteiger partial charge on any atom is -0.492 e. The Morgan fingerprint density at radius 1 is 1.31 bits per heavy atom. The highest BCUT2D eigenvalue weighted by molar-refractivity contribution is 5.43. The summed E-state index contributed by atoms with van der Waals surface area (Å²) in [7, 11) is 0. The predicted octanol–water partition coefficient (Wildman–Crippen LogP) is 2.63. The third kappa shape index (κ3) is 1.19. The zero-order chi connectivity index (χ0) is 9.64. The van der Waals surface area contributed by atoms with Gasteiger partial charge >= 0.3 is 0 Å². The highest BCUT2D eigenvalue weighted by Gasteiger charge is 2.35. The van der Waals surface area contributed by atoms with Gasteiger partial charge in [-0.2, -0.15) is 0 Å². The van der Waals surface area contributed by atoms with E-state index in [4.69, 9.17) is 4.74 Å². The Labute approximate surface area is 75.3 Å². The third-order valence-corrected chi connectivity index (χ3v) is 2.28. The van der Waals surface area contributed by atoms with Crippen molar-refractivity contribution in [2.24, 2.45) is 0 Å². The standard InChI is InChI=1S/C10H10F2O/c1-10(2)5-13-8-4-6(11)3-7(12)9(8)10/h3-4H,5H2,1-2H3. The van der Waals surface area contributed by atoms with E-state index in [-0.39, 0.29) is 5.41 Å². The van der Waals surface area contributed by atoms with Crippen molar-refractivity contribution in [2.45, 2.75) is 19.3 Å². The Morgan fingerprint density at radius 2 is 2.00 bits per heavy atom. The zero-order valence-electron chi connectivity index (χ0n) is 7.53. The van der Waals surface area contributed by atoms with E-state index in [1.165, 1.54) is 6.07 Å². The van der Waals surface area contributed by atoms with Crippen LogP contribution in [0.4, 0.5) is 8.78 Å². The summed E-state index contributed by atoms with van der Waals surface area (Å²) in [5.74, 6) is -0.769. The van der Waals surface area contributed by atoms with Crippen LogP contribution in [0.1, 0.15) is 19.4 Å². The lowest BCUT2D eigenvalue weighted by Gasteiger charge is -2.15. The average Bonchev–Trinajstić information content (AvgIpc) is 2.26. The van der Waals surface area contributed by atoms with Crippen molar-refractivity contribution >= 4 is 0 Å². The van der Waals surface area contributed by atoms with Gasteiger partial charge in [-0.25, -0.2) is 8.78 Å². The normalized spacial score (nSPS) is 18.2. The van der Waals surface area contributed by atoms with E-state index in [2.05, 4.69) is 0 Å². The summed E-state index contributed by atoms with van der Waals surface area (Å²) in [6.07, 6.45) is 0. The van der Waals surface area contributed by atoms with E-state index in [0.29, 0.717) is 17.9 Å². The molecule has 0 aliphatic carbocycles. The first kappa shape index (κ1) is 8.48. The van der Waals surface area contributed by atoms with Crippen LogP contribution in [0.15, 0.2) is 12.1 Å². The van der Waals surface area contributed by atoms with Crippen LogP contribution in [0.25, 0.3) is 0 Å². The molecule has 1 aliphatic heterocycles. The van der Waals surface area contributed by atoms with E-state index in [9.17, 15) is 8.78 Å². The number of fused-ring (bicyclic) bond motifs is 1. The molecule has 1 aromatic carbocycles. The summed E-state index contributed by atoms with van der Waals surface area (Å²) in [5.41, 5.74) is 0.126. The van der Waals surface area contributed by atoms with Gasteiger partial charge < -0.3 is 4.74 Å². The molecule has 0 aromatic heterocycles. The molecule has 0 unspecified atom stereocenters. The van der Waals surface area contributed by atoms with Crippen molar-refractivity contribution in [3.05, 3.63) is 29.3 Å². The Kier molecular flexibility index (Phi) is 1.59. The van der Waals surface area contributed by atoms with Crippen LogP contribution in [0, 0.1) is 11.6 Å². The highest BCUT2D eigenvalue weighted by Crippen LogP contribution is 2.40. The molecule has 0 amide bonds. The average molecular weight is 184 g/mol. The zero-order valence-corrected chi connectivity index (χ0v) is 7.53. The molecule has 1 aliphatic rings. The maximum Gasteiger partial charge on any atom is 0.133 e. The van der Waals surface area contributed by atoms with E-state index < -0.39 is 11.6 Å². The lowest BCUT2D eigenvalue weighted by atomic mass is 9.87. The molecule has 1 aromatic rings. The molecule has 2 rings (SSSR count). The van der Waals surface area contributed by atoms with Crippen LogP contribution in [-0.4, -0.2) is 6.61 Å².